The standard InChI is InChI=1S/C14H22N4OS/c1-4-10-6-11-12(16-7-9(3)8-19)17-14(15-5-2)18-13(11)20-10/h6,9,19H,4-5,7-8H2,1-3H3,(H2,15,16,17,18). The summed E-state index contributed by atoms with van der Waals surface area (Å²) < 4.78 is 0. The summed E-state index contributed by atoms with van der Waals surface area (Å²) in [5.74, 6) is 1.71. The van der Waals surface area contributed by atoms with Gasteiger partial charge < -0.3 is 15.7 Å². The van der Waals surface area contributed by atoms with Crippen LogP contribution in [0.15, 0.2) is 6.07 Å². The Bertz CT molecular complexity index is 570. The molecule has 2 aromatic rings. The Morgan fingerprint density at radius 1 is 1.30 bits per heavy atom. The van der Waals surface area contributed by atoms with E-state index in [-0.39, 0.29) is 12.5 Å². The average molecular weight is 294 g/mol. The van der Waals surface area contributed by atoms with Gasteiger partial charge in [-0.15, -0.1) is 11.3 Å². The second-order valence-electron chi connectivity index (χ2n) is 4.88. The number of thiophene rings is 1. The number of aromatic nitrogens is 2. The van der Waals surface area contributed by atoms with Crippen molar-refractivity contribution in [2.24, 2.45) is 5.92 Å². The highest BCUT2D eigenvalue weighted by Gasteiger charge is 2.11. The second-order valence-corrected chi connectivity index (χ2v) is 6.00. The summed E-state index contributed by atoms with van der Waals surface area (Å²) in [5, 5.41) is 16.7. The minimum atomic E-state index is 0.172. The summed E-state index contributed by atoms with van der Waals surface area (Å²) >= 11 is 1.71. The Morgan fingerprint density at radius 2 is 2.10 bits per heavy atom. The van der Waals surface area contributed by atoms with E-state index in [9.17, 15) is 0 Å². The Balaban J connectivity index is 2.34. The fourth-order valence-electron chi connectivity index (χ4n) is 1.85. The van der Waals surface area contributed by atoms with Crippen LogP contribution in [-0.2, 0) is 6.42 Å². The number of hydrogen-bond acceptors (Lipinski definition) is 6. The lowest BCUT2D eigenvalue weighted by Gasteiger charge is -2.12. The Hall–Kier alpha value is -1.40. The zero-order valence-electron chi connectivity index (χ0n) is 12.2. The van der Waals surface area contributed by atoms with Gasteiger partial charge in [-0.05, 0) is 25.3 Å². The molecule has 0 amide bonds. The SMILES string of the molecule is CCNc1nc(NCC(C)CO)c2cc(CC)sc2n1. The fourth-order valence-corrected chi connectivity index (χ4v) is 2.82. The molecule has 1 atom stereocenters. The third kappa shape index (κ3) is 3.37. The number of hydrogen-bond donors (Lipinski definition) is 3. The molecule has 0 bridgehead atoms. The molecular weight excluding hydrogens is 272 g/mol. The molecule has 0 aromatic carbocycles. The Kier molecular flexibility index (Phi) is 5.14. The van der Waals surface area contributed by atoms with Crippen LogP contribution in [0.5, 0.6) is 0 Å². The third-order valence-electron chi connectivity index (χ3n) is 3.06. The number of aryl methyl sites for hydroxylation is 1. The van der Waals surface area contributed by atoms with E-state index >= 15 is 0 Å². The number of anilines is 2. The highest BCUT2D eigenvalue weighted by molar-refractivity contribution is 7.18. The summed E-state index contributed by atoms with van der Waals surface area (Å²) in [5.41, 5.74) is 0. The van der Waals surface area contributed by atoms with Crippen LogP contribution in [0.3, 0.4) is 0 Å². The van der Waals surface area contributed by atoms with Gasteiger partial charge in [0, 0.05) is 24.6 Å². The summed E-state index contributed by atoms with van der Waals surface area (Å²) in [6.45, 7) is 7.84. The van der Waals surface area contributed by atoms with Gasteiger partial charge in [0.25, 0.3) is 0 Å². The fraction of sp³-hybridized carbons (Fsp3) is 0.571. The number of rotatable bonds is 7. The summed E-state index contributed by atoms with van der Waals surface area (Å²) in [6.07, 6.45) is 1.00. The molecule has 3 N–H and O–H groups in total. The zero-order valence-corrected chi connectivity index (χ0v) is 13.0. The van der Waals surface area contributed by atoms with Gasteiger partial charge in [-0.3, -0.25) is 0 Å². The van der Waals surface area contributed by atoms with Crippen molar-refractivity contribution >= 4 is 33.3 Å². The first kappa shape index (κ1) is 15.0. The number of aliphatic hydroxyl groups excluding tert-OH is 1. The maximum atomic E-state index is 9.12. The van der Waals surface area contributed by atoms with E-state index in [1.165, 1.54) is 4.88 Å². The van der Waals surface area contributed by atoms with Crippen molar-refractivity contribution < 1.29 is 5.11 Å². The van der Waals surface area contributed by atoms with Crippen LogP contribution in [0.1, 0.15) is 25.6 Å². The molecule has 110 valence electrons. The van der Waals surface area contributed by atoms with Crippen LogP contribution in [0.4, 0.5) is 11.8 Å². The van der Waals surface area contributed by atoms with Crippen molar-refractivity contribution in [3.05, 3.63) is 10.9 Å². The van der Waals surface area contributed by atoms with Crippen LogP contribution in [0.2, 0.25) is 0 Å². The van der Waals surface area contributed by atoms with Crippen LogP contribution in [0, 0.1) is 5.92 Å². The topological polar surface area (TPSA) is 70.1 Å². The highest BCUT2D eigenvalue weighted by Crippen LogP contribution is 2.30. The molecule has 1 unspecified atom stereocenters. The van der Waals surface area contributed by atoms with Gasteiger partial charge in [0.15, 0.2) is 0 Å². The van der Waals surface area contributed by atoms with Gasteiger partial charge in [0.1, 0.15) is 10.6 Å². The molecule has 0 saturated heterocycles. The summed E-state index contributed by atoms with van der Waals surface area (Å²) in [4.78, 5) is 11.4. The second kappa shape index (κ2) is 6.85. The molecule has 0 saturated carbocycles. The number of nitrogens with zero attached hydrogens (tertiary/aromatic N) is 2. The molecule has 0 aliphatic carbocycles. The van der Waals surface area contributed by atoms with Gasteiger partial charge in [-0.2, -0.15) is 4.98 Å². The first-order valence-corrected chi connectivity index (χ1v) is 7.88. The minimum absolute atomic E-state index is 0.172. The lowest BCUT2D eigenvalue weighted by molar-refractivity contribution is 0.244. The van der Waals surface area contributed by atoms with Crippen LogP contribution in [0.25, 0.3) is 10.2 Å². The predicted molar refractivity (Wildman–Crippen MR) is 85.7 cm³/mol. The minimum Gasteiger partial charge on any atom is -0.396 e. The van der Waals surface area contributed by atoms with E-state index < -0.39 is 0 Å². The maximum absolute atomic E-state index is 9.12. The highest BCUT2D eigenvalue weighted by atomic mass is 32.1. The quantitative estimate of drug-likeness (QED) is 0.732. The van der Waals surface area contributed by atoms with Gasteiger partial charge in [0.2, 0.25) is 5.95 Å². The number of aliphatic hydroxyl groups is 1. The molecular formula is C14H22N4OS. The maximum Gasteiger partial charge on any atom is 0.226 e. The van der Waals surface area contributed by atoms with Gasteiger partial charge in [0.05, 0.1) is 5.39 Å². The van der Waals surface area contributed by atoms with Crippen molar-refractivity contribution in [1.82, 2.24) is 9.97 Å². The van der Waals surface area contributed by atoms with Crippen molar-refractivity contribution in [1.29, 1.82) is 0 Å². The van der Waals surface area contributed by atoms with Crippen LogP contribution in [-0.4, -0.2) is 34.8 Å². The van der Waals surface area contributed by atoms with E-state index in [2.05, 4.69) is 33.6 Å². The molecule has 0 fully saturated rings. The monoisotopic (exact) mass is 294 g/mol. The lowest BCUT2D eigenvalue weighted by atomic mass is 10.2. The average Bonchev–Trinajstić information content (AvgIpc) is 2.87. The van der Waals surface area contributed by atoms with E-state index in [4.69, 9.17) is 5.11 Å². The summed E-state index contributed by atoms with van der Waals surface area (Å²) in [6, 6.07) is 2.15. The van der Waals surface area contributed by atoms with Crippen molar-refractivity contribution in [3.8, 4) is 0 Å². The number of nitrogens with one attached hydrogen (secondary N) is 2. The molecule has 0 aliphatic heterocycles. The van der Waals surface area contributed by atoms with E-state index in [1.807, 2.05) is 13.8 Å². The predicted octanol–water partition coefficient (Wildman–Crippen LogP) is 2.73. The smallest absolute Gasteiger partial charge is 0.226 e. The first-order valence-electron chi connectivity index (χ1n) is 7.06. The normalized spacial score (nSPS) is 12.6. The van der Waals surface area contributed by atoms with E-state index in [0.29, 0.717) is 12.5 Å². The van der Waals surface area contributed by atoms with Crippen molar-refractivity contribution in [3.63, 3.8) is 0 Å². The largest absolute Gasteiger partial charge is 0.396 e. The molecule has 2 rings (SSSR count). The van der Waals surface area contributed by atoms with E-state index in [0.717, 1.165) is 29.0 Å². The number of fused-ring (bicyclic) bond motifs is 1. The summed E-state index contributed by atoms with van der Waals surface area (Å²) in [7, 11) is 0. The zero-order chi connectivity index (χ0) is 14.5. The molecule has 0 radical (unpaired) electrons. The van der Waals surface area contributed by atoms with Crippen LogP contribution >= 0.6 is 11.3 Å². The molecule has 0 spiro atoms. The van der Waals surface area contributed by atoms with Gasteiger partial charge in [-0.25, -0.2) is 4.98 Å². The first-order chi connectivity index (χ1) is 9.67. The van der Waals surface area contributed by atoms with Crippen molar-refractivity contribution in [2.45, 2.75) is 27.2 Å². The van der Waals surface area contributed by atoms with Crippen LogP contribution < -0.4 is 10.6 Å². The van der Waals surface area contributed by atoms with Gasteiger partial charge in [-0.1, -0.05) is 13.8 Å². The Labute approximate surface area is 123 Å². The molecule has 0 aliphatic rings. The molecule has 5 nitrogen and oxygen atoms in total. The molecule has 6 heteroatoms. The molecule has 2 aromatic heterocycles. The Morgan fingerprint density at radius 3 is 2.75 bits per heavy atom. The van der Waals surface area contributed by atoms with Gasteiger partial charge >= 0.3 is 0 Å². The molecule has 20 heavy (non-hydrogen) atoms. The van der Waals surface area contributed by atoms with Crippen molar-refractivity contribution in [2.75, 3.05) is 30.3 Å². The van der Waals surface area contributed by atoms with E-state index in [1.54, 1.807) is 11.3 Å². The lowest BCUT2D eigenvalue weighted by Crippen LogP contribution is -2.16. The molecule has 2 heterocycles. The third-order valence-corrected chi connectivity index (χ3v) is 4.23.